The highest BCUT2D eigenvalue weighted by Gasteiger charge is 2.19. The van der Waals surface area contributed by atoms with E-state index < -0.39 is 0 Å². The smallest absolute Gasteiger partial charge is 0.265 e. The Kier molecular flexibility index (Phi) is 3.39. The Labute approximate surface area is 119 Å². The van der Waals surface area contributed by atoms with Gasteiger partial charge in [0.1, 0.15) is 17.1 Å². The van der Waals surface area contributed by atoms with E-state index in [1.54, 1.807) is 25.6 Å². The zero-order valence-electron chi connectivity index (χ0n) is 11.0. The molecular weight excluding hydrogens is 276 g/mol. The molecule has 0 atom stereocenters. The maximum Gasteiger partial charge on any atom is 0.265 e. The summed E-state index contributed by atoms with van der Waals surface area (Å²) in [5, 5.41) is 5.97. The Bertz CT molecular complexity index is 685. The first-order valence-electron chi connectivity index (χ1n) is 5.92. The molecule has 0 aliphatic rings. The number of nitrogens with zero attached hydrogens (tertiary/aromatic N) is 2. The summed E-state index contributed by atoms with van der Waals surface area (Å²) >= 11 is 1.56. The Morgan fingerprint density at radius 1 is 1.05 bits per heavy atom. The molecule has 0 saturated carbocycles. The molecule has 0 unspecified atom stereocenters. The summed E-state index contributed by atoms with van der Waals surface area (Å²) in [5.74, 6) is 2.20. The highest BCUT2D eigenvalue weighted by atomic mass is 32.1. The van der Waals surface area contributed by atoms with Gasteiger partial charge in [-0.25, -0.2) is 0 Å². The second-order valence-electron chi connectivity index (χ2n) is 3.94. The number of benzene rings is 1. The summed E-state index contributed by atoms with van der Waals surface area (Å²) in [6.07, 6.45) is 0. The Morgan fingerprint density at radius 3 is 2.40 bits per heavy atom. The Morgan fingerprint density at radius 2 is 1.80 bits per heavy atom. The van der Waals surface area contributed by atoms with Crippen molar-refractivity contribution in [3.8, 4) is 33.7 Å². The lowest BCUT2D eigenvalue weighted by atomic mass is 10.1. The van der Waals surface area contributed by atoms with Gasteiger partial charge in [-0.2, -0.15) is 4.98 Å². The Balaban J connectivity index is 2.10. The highest BCUT2D eigenvalue weighted by molar-refractivity contribution is 7.13. The molecule has 102 valence electrons. The van der Waals surface area contributed by atoms with E-state index in [9.17, 15) is 0 Å². The average Bonchev–Trinajstić information content (AvgIpc) is 3.16. The van der Waals surface area contributed by atoms with Crippen LogP contribution in [-0.2, 0) is 0 Å². The van der Waals surface area contributed by atoms with Crippen molar-refractivity contribution in [2.45, 2.75) is 0 Å². The fourth-order valence-corrected chi connectivity index (χ4v) is 2.54. The summed E-state index contributed by atoms with van der Waals surface area (Å²) in [7, 11) is 3.18. The molecule has 3 aromatic rings. The molecule has 2 aromatic heterocycles. The van der Waals surface area contributed by atoms with Gasteiger partial charge in [0.15, 0.2) is 0 Å². The number of thiophene rings is 1. The molecule has 0 radical (unpaired) electrons. The molecule has 5 nitrogen and oxygen atoms in total. The third-order valence-corrected chi connectivity index (χ3v) is 3.68. The van der Waals surface area contributed by atoms with Crippen molar-refractivity contribution < 1.29 is 14.0 Å². The number of rotatable bonds is 4. The van der Waals surface area contributed by atoms with Crippen molar-refractivity contribution in [1.29, 1.82) is 0 Å². The minimum atomic E-state index is 0.378. The number of hydrogen-bond donors (Lipinski definition) is 0. The van der Waals surface area contributed by atoms with Crippen LogP contribution < -0.4 is 9.47 Å². The van der Waals surface area contributed by atoms with E-state index in [4.69, 9.17) is 14.0 Å². The quantitative estimate of drug-likeness (QED) is 0.735. The number of hydrogen-bond acceptors (Lipinski definition) is 6. The molecule has 0 saturated heterocycles. The number of ether oxygens (including phenoxy) is 2. The topological polar surface area (TPSA) is 57.4 Å². The fraction of sp³-hybridized carbons (Fsp3) is 0.143. The van der Waals surface area contributed by atoms with Gasteiger partial charge in [-0.1, -0.05) is 17.3 Å². The van der Waals surface area contributed by atoms with Crippen LogP contribution in [0.2, 0.25) is 0 Å². The molecule has 2 heterocycles. The molecule has 6 heteroatoms. The zero-order valence-corrected chi connectivity index (χ0v) is 11.8. The van der Waals surface area contributed by atoms with E-state index >= 15 is 0 Å². The van der Waals surface area contributed by atoms with Gasteiger partial charge in [-0.05, 0) is 23.6 Å². The maximum atomic E-state index is 5.35. The van der Waals surface area contributed by atoms with Crippen molar-refractivity contribution >= 4 is 11.3 Å². The minimum Gasteiger partial charge on any atom is -0.496 e. The third kappa shape index (κ3) is 2.14. The van der Waals surface area contributed by atoms with Crippen LogP contribution in [0, 0.1) is 0 Å². The van der Waals surface area contributed by atoms with Crippen LogP contribution in [0.1, 0.15) is 0 Å². The van der Waals surface area contributed by atoms with Crippen LogP contribution in [0.5, 0.6) is 11.5 Å². The minimum absolute atomic E-state index is 0.378. The van der Waals surface area contributed by atoms with Crippen LogP contribution in [0.25, 0.3) is 22.2 Å². The van der Waals surface area contributed by atoms with Gasteiger partial charge in [0, 0.05) is 0 Å². The van der Waals surface area contributed by atoms with E-state index in [1.165, 1.54) is 0 Å². The number of aromatic nitrogens is 2. The second kappa shape index (κ2) is 5.34. The van der Waals surface area contributed by atoms with Crippen LogP contribution in [0.3, 0.4) is 0 Å². The van der Waals surface area contributed by atoms with Gasteiger partial charge in [0.25, 0.3) is 5.89 Å². The van der Waals surface area contributed by atoms with Gasteiger partial charge >= 0.3 is 0 Å². The van der Waals surface area contributed by atoms with Crippen LogP contribution in [-0.4, -0.2) is 24.4 Å². The highest BCUT2D eigenvalue weighted by Crippen LogP contribution is 2.38. The molecule has 0 aliphatic carbocycles. The molecular formula is C14H12N2O3S. The lowest BCUT2D eigenvalue weighted by Gasteiger charge is -2.09. The first-order chi connectivity index (χ1) is 9.83. The van der Waals surface area contributed by atoms with E-state index in [2.05, 4.69) is 10.1 Å². The van der Waals surface area contributed by atoms with Crippen LogP contribution >= 0.6 is 11.3 Å². The summed E-state index contributed by atoms with van der Waals surface area (Å²) < 4.78 is 16.0. The lowest BCUT2D eigenvalue weighted by Crippen LogP contribution is -1.93. The predicted octanol–water partition coefficient (Wildman–Crippen LogP) is 3.48. The predicted molar refractivity (Wildman–Crippen MR) is 76.2 cm³/mol. The number of methoxy groups -OCH3 is 2. The molecule has 0 spiro atoms. The fourth-order valence-electron chi connectivity index (χ4n) is 1.89. The largest absolute Gasteiger partial charge is 0.496 e. The SMILES string of the molecule is COc1cccc(OC)c1-c1nc(-c2cccs2)no1. The molecule has 20 heavy (non-hydrogen) atoms. The second-order valence-corrected chi connectivity index (χ2v) is 4.89. The summed E-state index contributed by atoms with van der Waals surface area (Å²) in [4.78, 5) is 5.37. The summed E-state index contributed by atoms with van der Waals surface area (Å²) in [5.41, 5.74) is 0.660. The van der Waals surface area contributed by atoms with E-state index in [0.717, 1.165) is 4.88 Å². The van der Waals surface area contributed by atoms with E-state index in [-0.39, 0.29) is 0 Å². The molecule has 1 aromatic carbocycles. The van der Waals surface area contributed by atoms with Gasteiger partial charge in [0.2, 0.25) is 5.82 Å². The van der Waals surface area contributed by atoms with Crippen molar-refractivity contribution in [3.05, 3.63) is 35.7 Å². The third-order valence-electron chi connectivity index (χ3n) is 2.81. The van der Waals surface area contributed by atoms with Gasteiger partial charge in [-0.15, -0.1) is 11.3 Å². The first-order valence-corrected chi connectivity index (χ1v) is 6.80. The van der Waals surface area contributed by atoms with Crippen molar-refractivity contribution in [2.75, 3.05) is 14.2 Å². The monoisotopic (exact) mass is 288 g/mol. The normalized spacial score (nSPS) is 10.5. The molecule has 3 rings (SSSR count). The summed E-state index contributed by atoms with van der Waals surface area (Å²) in [6, 6.07) is 9.38. The molecule has 0 amide bonds. The van der Waals surface area contributed by atoms with Crippen molar-refractivity contribution in [3.63, 3.8) is 0 Å². The van der Waals surface area contributed by atoms with Crippen molar-refractivity contribution in [1.82, 2.24) is 10.1 Å². The molecule has 0 bridgehead atoms. The zero-order chi connectivity index (χ0) is 13.9. The van der Waals surface area contributed by atoms with Crippen LogP contribution in [0.15, 0.2) is 40.2 Å². The lowest BCUT2D eigenvalue weighted by molar-refractivity contribution is 0.386. The Hall–Kier alpha value is -2.34. The first kappa shape index (κ1) is 12.7. The van der Waals surface area contributed by atoms with Crippen molar-refractivity contribution in [2.24, 2.45) is 0 Å². The maximum absolute atomic E-state index is 5.35. The van der Waals surface area contributed by atoms with Gasteiger partial charge in [-0.3, -0.25) is 0 Å². The molecule has 0 N–H and O–H groups in total. The van der Waals surface area contributed by atoms with Crippen LogP contribution in [0.4, 0.5) is 0 Å². The van der Waals surface area contributed by atoms with E-state index in [1.807, 2.05) is 35.7 Å². The average molecular weight is 288 g/mol. The van der Waals surface area contributed by atoms with E-state index in [0.29, 0.717) is 28.8 Å². The standard InChI is InChI=1S/C14H12N2O3S/c1-17-9-5-3-6-10(18-2)12(9)14-15-13(16-19-14)11-7-4-8-20-11/h3-8H,1-2H3. The molecule has 0 fully saturated rings. The summed E-state index contributed by atoms with van der Waals surface area (Å²) in [6.45, 7) is 0. The van der Waals surface area contributed by atoms with Gasteiger partial charge < -0.3 is 14.0 Å². The molecule has 0 aliphatic heterocycles. The van der Waals surface area contributed by atoms with Gasteiger partial charge in [0.05, 0.1) is 19.1 Å².